The smallest absolute Gasteiger partial charge is 0.119 e. The Morgan fingerprint density at radius 1 is 1.11 bits per heavy atom. The van der Waals surface area contributed by atoms with Crippen molar-refractivity contribution in [1.82, 2.24) is 0 Å². The molecule has 2 nitrogen and oxygen atoms in total. The molecular formula is C15H15NOS. The van der Waals surface area contributed by atoms with Gasteiger partial charge in [0.25, 0.3) is 0 Å². The van der Waals surface area contributed by atoms with Gasteiger partial charge in [-0.05, 0) is 35.9 Å². The van der Waals surface area contributed by atoms with Crippen LogP contribution in [0.2, 0.25) is 0 Å². The highest BCUT2D eigenvalue weighted by Gasteiger charge is 2.00. The monoisotopic (exact) mass is 257 g/mol. The van der Waals surface area contributed by atoms with E-state index in [0.717, 1.165) is 21.1 Å². The molecule has 0 fully saturated rings. The minimum atomic E-state index is 0.591. The summed E-state index contributed by atoms with van der Waals surface area (Å²) < 4.78 is 5.20. The van der Waals surface area contributed by atoms with Crippen LogP contribution in [0.5, 0.6) is 5.75 Å². The summed E-state index contributed by atoms with van der Waals surface area (Å²) in [5.74, 6) is 0.868. The van der Waals surface area contributed by atoms with Crippen molar-refractivity contribution >= 4 is 17.5 Å². The lowest BCUT2D eigenvalue weighted by Gasteiger charge is -2.05. The normalized spacial score (nSPS) is 10.1. The molecule has 0 aliphatic carbocycles. The van der Waals surface area contributed by atoms with Crippen LogP contribution in [0.15, 0.2) is 64.9 Å². The molecule has 0 aromatic heterocycles. The van der Waals surface area contributed by atoms with Crippen LogP contribution in [0.3, 0.4) is 0 Å². The first-order valence-corrected chi connectivity index (χ1v) is 6.37. The van der Waals surface area contributed by atoms with Crippen LogP contribution in [-0.2, 0) is 0 Å². The molecule has 0 amide bonds. The van der Waals surface area contributed by atoms with Crippen molar-refractivity contribution in [2.75, 3.05) is 7.11 Å². The van der Waals surface area contributed by atoms with Gasteiger partial charge in [0.05, 0.1) is 7.11 Å². The molecule has 3 heteroatoms. The maximum atomic E-state index is 5.64. The van der Waals surface area contributed by atoms with Crippen molar-refractivity contribution < 1.29 is 4.74 Å². The number of rotatable bonds is 4. The molecule has 0 unspecified atom stereocenters. The number of benzene rings is 2. The molecule has 2 N–H and O–H groups in total. The third-order valence-corrected chi connectivity index (χ3v) is 3.50. The standard InChI is InChI=1S/C15H15NOS/c1-11(16)12-6-8-14(9-7-12)18-15-5-3-4-13(10-15)17-2/h3-10H,1,16H2,2H3. The van der Waals surface area contributed by atoms with Gasteiger partial charge >= 0.3 is 0 Å². The van der Waals surface area contributed by atoms with Gasteiger partial charge in [-0.1, -0.05) is 36.5 Å². The molecule has 0 saturated heterocycles. The quantitative estimate of drug-likeness (QED) is 0.905. The summed E-state index contributed by atoms with van der Waals surface area (Å²) in [4.78, 5) is 2.31. The highest BCUT2D eigenvalue weighted by molar-refractivity contribution is 7.99. The van der Waals surface area contributed by atoms with E-state index < -0.39 is 0 Å². The molecule has 0 aliphatic heterocycles. The maximum absolute atomic E-state index is 5.64. The van der Waals surface area contributed by atoms with E-state index in [-0.39, 0.29) is 0 Å². The summed E-state index contributed by atoms with van der Waals surface area (Å²) in [7, 11) is 1.67. The summed E-state index contributed by atoms with van der Waals surface area (Å²) in [6, 6.07) is 16.0. The van der Waals surface area contributed by atoms with E-state index >= 15 is 0 Å². The molecular weight excluding hydrogens is 242 g/mol. The summed E-state index contributed by atoms with van der Waals surface area (Å²) in [6.45, 7) is 3.72. The van der Waals surface area contributed by atoms with Crippen LogP contribution < -0.4 is 10.5 Å². The van der Waals surface area contributed by atoms with E-state index in [1.165, 1.54) is 0 Å². The van der Waals surface area contributed by atoms with Gasteiger partial charge in [-0.3, -0.25) is 0 Å². The zero-order valence-electron chi connectivity index (χ0n) is 10.2. The van der Waals surface area contributed by atoms with E-state index in [1.807, 2.05) is 42.5 Å². The molecule has 0 saturated carbocycles. The topological polar surface area (TPSA) is 35.2 Å². The lowest BCUT2D eigenvalue weighted by molar-refractivity contribution is 0.413. The van der Waals surface area contributed by atoms with Crippen molar-refractivity contribution in [1.29, 1.82) is 0 Å². The second-order valence-corrected chi connectivity index (χ2v) is 4.98. The van der Waals surface area contributed by atoms with Crippen LogP contribution in [-0.4, -0.2) is 7.11 Å². The van der Waals surface area contributed by atoms with E-state index in [2.05, 4.69) is 12.6 Å². The van der Waals surface area contributed by atoms with Crippen LogP contribution in [0.1, 0.15) is 5.56 Å². The molecule has 0 atom stereocenters. The Hall–Kier alpha value is -1.87. The predicted molar refractivity (Wildman–Crippen MR) is 76.8 cm³/mol. The fraction of sp³-hybridized carbons (Fsp3) is 0.0667. The van der Waals surface area contributed by atoms with Gasteiger partial charge in [0.2, 0.25) is 0 Å². The van der Waals surface area contributed by atoms with Gasteiger partial charge in [-0.2, -0.15) is 0 Å². The molecule has 0 spiro atoms. The number of nitrogens with two attached hydrogens (primary N) is 1. The number of ether oxygens (including phenoxy) is 1. The first-order valence-electron chi connectivity index (χ1n) is 5.56. The average molecular weight is 257 g/mol. The second-order valence-electron chi connectivity index (χ2n) is 3.83. The molecule has 18 heavy (non-hydrogen) atoms. The molecule has 2 aromatic rings. The van der Waals surface area contributed by atoms with Crippen LogP contribution in [0.25, 0.3) is 5.70 Å². The van der Waals surface area contributed by atoms with E-state index in [0.29, 0.717) is 5.70 Å². The Kier molecular flexibility index (Phi) is 3.95. The highest BCUT2D eigenvalue weighted by atomic mass is 32.2. The van der Waals surface area contributed by atoms with Crippen molar-refractivity contribution in [3.63, 3.8) is 0 Å². The molecule has 2 rings (SSSR count). The van der Waals surface area contributed by atoms with Crippen molar-refractivity contribution in [3.05, 3.63) is 60.7 Å². The lowest BCUT2D eigenvalue weighted by atomic mass is 10.2. The minimum absolute atomic E-state index is 0.591. The predicted octanol–water partition coefficient (Wildman–Crippen LogP) is 3.78. The minimum Gasteiger partial charge on any atom is -0.497 e. The SMILES string of the molecule is C=C(N)c1ccc(Sc2cccc(OC)c2)cc1. The van der Waals surface area contributed by atoms with Gasteiger partial charge in [0.1, 0.15) is 5.75 Å². The summed E-state index contributed by atoms with van der Waals surface area (Å²) >= 11 is 1.69. The molecule has 0 heterocycles. The van der Waals surface area contributed by atoms with Gasteiger partial charge in [-0.25, -0.2) is 0 Å². The van der Waals surface area contributed by atoms with Gasteiger partial charge < -0.3 is 10.5 Å². The van der Waals surface area contributed by atoms with Crippen LogP contribution in [0, 0.1) is 0 Å². The van der Waals surface area contributed by atoms with Gasteiger partial charge in [0, 0.05) is 15.5 Å². The first-order chi connectivity index (χ1) is 8.69. The van der Waals surface area contributed by atoms with E-state index in [4.69, 9.17) is 10.5 Å². The Labute approximate surface area is 111 Å². The summed E-state index contributed by atoms with van der Waals surface area (Å²) in [6.07, 6.45) is 0. The Balaban J connectivity index is 2.15. The molecule has 0 bridgehead atoms. The number of methoxy groups -OCH3 is 1. The molecule has 92 valence electrons. The Morgan fingerprint density at radius 3 is 2.44 bits per heavy atom. The molecule has 2 aromatic carbocycles. The molecule has 0 aliphatic rings. The first kappa shape index (κ1) is 12.6. The van der Waals surface area contributed by atoms with E-state index in [9.17, 15) is 0 Å². The fourth-order valence-corrected chi connectivity index (χ4v) is 2.40. The zero-order chi connectivity index (χ0) is 13.0. The fourth-order valence-electron chi connectivity index (χ4n) is 1.54. The highest BCUT2D eigenvalue weighted by Crippen LogP contribution is 2.30. The van der Waals surface area contributed by atoms with Crippen molar-refractivity contribution in [3.8, 4) is 5.75 Å². The third-order valence-electron chi connectivity index (χ3n) is 2.50. The maximum Gasteiger partial charge on any atom is 0.119 e. The van der Waals surface area contributed by atoms with Gasteiger partial charge in [-0.15, -0.1) is 0 Å². The Bertz CT molecular complexity index is 549. The van der Waals surface area contributed by atoms with Crippen LogP contribution >= 0.6 is 11.8 Å². The van der Waals surface area contributed by atoms with Crippen LogP contribution in [0.4, 0.5) is 0 Å². The average Bonchev–Trinajstić information content (AvgIpc) is 2.39. The second kappa shape index (κ2) is 5.65. The Morgan fingerprint density at radius 2 is 1.83 bits per heavy atom. The number of hydrogen-bond acceptors (Lipinski definition) is 3. The summed E-state index contributed by atoms with van der Waals surface area (Å²) in [5, 5.41) is 0. The summed E-state index contributed by atoms with van der Waals surface area (Å²) in [5.41, 5.74) is 7.19. The molecule has 0 radical (unpaired) electrons. The third kappa shape index (κ3) is 3.08. The number of hydrogen-bond donors (Lipinski definition) is 1. The lowest BCUT2D eigenvalue weighted by Crippen LogP contribution is -1.92. The zero-order valence-corrected chi connectivity index (χ0v) is 11.0. The largest absolute Gasteiger partial charge is 0.497 e. The van der Waals surface area contributed by atoms with Crippen molar-refractivity contribution in [2.24, 2.45) is 5.73 Å². The van der Waals surface area contributed by atoms with E-state index in [1.54, 1.807) is 18.9 Å². The van der Waals surface area contributed by atoms with Gasteiger partial charge in [0.15, 0.2) is 0 Å². The van der Waals surface area contributed by atoms with Crippen molar-refractivity contribution in [2.45, 2.75) is 9.79 Å².